The first-order chi connectivity index (χ1) is 9.07. The quantitative estimate of drug-likeness (QED) is 0.695. The molecule has 0 bridgehead atoms. The van der Waals surface area contributed by atoms with Gasteiger partial charge in [-0.1, -0.05) is 12.1 Å². The number of aromatic nitrogens is 1. The fourth-order valence-corrected chi connectivity index (χ4v) is 1.79. The molecule has 0 aliphatic heterocycles. The number of hydrogen-bond donors (Lipinski definition) is 0. The fourth-order valence-electron chi connectivity index (χ4n) is 1.79. The number of hydrogen-bond acceptors (Lipinski definition) is 2. The predicted octanol–water partition coefficient (Wildman–Crippen LogP) is 4.11. The highest BCUT2D eigenvalue weighted by atomic mass is 19.3. The van der Waals surface area contributed by atoms with Gasteiger partial charge in [-0.3, -0.25) is 0 Å². The lowest BCUT2D eigenvalue weighted by atomic mass is 10.1. The number of halogens is 3. The van der Waals surface area contributed by atoms with Crippen LogP contribution in [0.2, 0.25) is 0 Å². The van der Waals surface area contributed by atoms with Crippen LogP contribution >= 0.6 is 0 Å². The maximum Gasteiger partial charge on any atom is 0.347 e. The molecular weight excluding hydrogens is 255 g/mol. The van der Waals surface area contributed by atoms with E-state index in [0.717, 1.165) is 24.3 Å². The Morgan fingerprint density at radius 1 is 0.947 bits per heavy atom. The SMILES string of the molecule is Fc1ccc(C(F)(F)c2nc3ccccc3o2)cc1. The van der Waals surface area contributed by atoms with Gasteiger partial charge in [0.2, 0.25) is 0 Å². The van der Waals surface area contributed by atoms with Crippen LogP contribution in [0.25, 0.3) is 11.1 Å². The van der Waals surface area contributed by atoms with Gasteiger partial charge in [0, 0.05) is 5.56 Å². The van der Waals surface area contributed by atoms with Crippen molar-refractivity contribution in [1.29, 1.82) is 0 Å². The van der Waals surface area contributed by atoms with Crippen LogP contribution < -0.4 is 0 Å². The van der Waals surface area contributed by atoms with E-state index in [0.29, 0.717) is 11.1 Å². The molecule has 0 amide bonds. The Bertz CT molecular complexity index is 686. The molecule has 0 saturated heterocycles. The molecule has 2 aromatic carbocycles. The van der Waals surface area contributed by atoms with Crippen LogP contribution in [-0.2, 0) is 5.92 Å². The monoisotopic (exact) mass is 263 g/mol. The van der Waals surface area contributed by atoms with E-state index in [4.69, 9.17) is 4.42 Å². The van der Waals surface area contributed by atoms with Crippen molar-refractivity contribution in [1.82, 2.24) is 4.98 Å². The van der Waals surface area contributed by atoms with Crippen molar-refractivity contribution in [2.75, 3.05) is 0 Å². The van der Waals surface area contributed by atoms with E-state index in [-0.39, 0.29) is 5.56 Å². The van der Waals surface area contributed by atoms with E-state index in [2.05, 4.69) is 4.98 Å². The van der Waals surface area contributed by atoms with Gasteiger partial charge in [0.1, 0.15) is 11.3 Å². The normalized spacial score (nSPS) is 11.9. The van der Waals surface area contributed by atoms with Crippen LogP contribution in [0, 0.1) is 5.82 Å². The van der Waals surface area contributed by atoms with Gasteiger partial charge in [0.15, 0.2) is 5.58 Å². The van der Waals surface area contributed by atoms with Crippen molar-refractivity contribution in [2.24, 2.45) is 0 Å². The Morgan fingerprint density at radius 3 is 2.32 bits per heavy atom. The molecule has 0 unspecified atom stereocenters. The summed E-state index contributed by atoms with van der Waals surface area (Å²) >= 11 is 0. The molecule has 0 radical (unpaired) electrons. The molecule has 0 spiro atoms. The van der Waals surface area contributed by atoms with Crippen molar-refractivity contribution in [3.05, 3.63) is 65.8 Å². The van der Waals surface area contributed by atoms with Crippen molar-refractivity contribution in [2.45, 2.75) is 5.92 Å². The lowest BCUT2D eigenvalue weighted by Crippen LogP contribution is -2.15. The Morgan fingerprint density at radius 2 is 1.63 bits per heavy atom. The fraction of sp³-hybridized carbons (Fsp3) is 0.0714. The minimum absolute atomic E-state index is 0.291. The summed E-state index contributed by atoms with van der Waals surface area (Å²) in [5.74, 6) is -4.66. The molecule has 96 valence electrons. The molecule has 2 nitrogen and oxygen atoms in total. The standard InChI is InChI=1S/C14H8F3NO/c15-10-7-5-9(6-8-10)14(16,17)13-18-11-3-1-2-4-12(11)19-13/h1-8H. The number of nitrogens with zero attached hydrogens (tertiary/aromatic N) is 1. The summed E-state index contributed by atoms with van der Waals surface area (Å²) in [5, 5.41) is 0. The molecule has 0 aliphatic rings. The summed E-state index contributed by atoms with van der Waals surface area (Å²) in [4.78, 5) is 3.77. The first kappa shape index (κ1) is 11.8. The summed E-state index contributed by atoms with van der Waals surface area (Å²) < 4.78 is 46.2. The third-order valence-corrected chi connectivity index (χ3v) is 2.77. The van der Waals surface area contributed by atoms with E-state index in [1.165, 1.54) is 0 Å². The molecule has 0 saturated carbocycles. The van der Waals surface area contributed by atoms with Crippen LogP contribution in [0.3, 0.4) is 0 Å². The van der Waals surface area contributed by atoms with Gasteiger partial charge in [0.05, 0.1) is 0 Å². The van der Waals surface area contributed by atoms with Gasteiger partial charge in [-0.15, -0.1) is 0 Å². The smallest absolute Gasteiger partial charge is 0.347 e. The summed E-state index contributed by atoms with van der Waals surface area (Å²) in [6.45, 7) is 0. The topological polar surface area (TPSA) is 26.0 Å². The van der Waals surface area contributed by atoms with Gasteiger partial charge >= 0.3 is 5.92 Å². The van der Waals surface area contributed by atoms with Crippen LogP contribution in [0.5, 0.6) is 0 Å². The van der Waals surface area contributed by atoms with Crippen LogP contribution in [0.15, 0.2) is 52.9 Å². The molecule has 3 aromatic rings. The summed E-state index contributed by atoms with van der Waals surface area (Å²) in [7, 11) is 0. The van der Waals surface area contributed by atoms with Crippen LogP contribution in [0.1, 0.15) is 11.5 Å². The first-order valence-corrected chi connectivity index (χ1v) is 5.57. The molecule has 1 aromatic heterocycles. The number of rotatable bonds is 2. The maximum absolute atomic E-state index is 14.2. The first-order valence-electron chi connectivity index (χ1n) is 5.57. The van der Waals surface area contributed by atoms with E-state index in [9.17, 15) is 13.2 Å². The number of para-hydroxylation sites is 2. The van der Waals surface area contributed by atoms with E-state index in [1.54, 1.807) is 24.3 Å². The molecule has 19 heavy (non-hydrogen) atoms. The zero-order valence-corrected chi connectivity index (χ0v) is 9.61. The minimum atomic E-state index is -3.40. The van der Waals surface area contributed by atoms with E-state index >= 15 is 0 Å². The largest absolute Gasteiger partial charge is 0.435 e. The molecule has 0 atom stereocenters. The maximum atomic E-state index is 14.2. The molecular formula is C14H8F3NO. The average Bonchev–Trinajstić information content (AvgIpc) is 2.83. The van der Waals surface area contributed by atoms with Gasteiger partial charge in [-0.05, 0) is 36.4 Å². The zero-order valence-electron chi connectivity index (χ0n) is 9.61. The Kier molecular flexibility index (Phi) is 2.55. The molecule has 5 heteroatoms. The molecule has 3 rings (SSSR count). The van der Waals surface area contributed by atoms with Crippen molar-refractivity contribution in [3.63, 3.8) is 0 Å². The van der Waals surface area contributed by atoms with Crippen LogP contribution in [-0.4, -0.2) is 4.98 Å². The third-order valence-electron chi connectivity index (χ3n) is 2.77. The highest BCUT2D eigenvalue weighted by molar-refractivity contribution is 5.72. The summed E-state index contributed by atoms with van der Waals surface area (Å²) in [5.41, 5.74) is 0.291. The number of oxazole rings is 1. The van der Waals surface area contributed by atoms with Gasteiger partial charge < -0.3 is 4.42 Å². The Balaban J connectivity index is 2.10. The van der Waals surface area contributed by atoms with Gasteiger partial charge in [-0.25, -0.2) is 9.37 Å². The lowest BCUT2D eigenvalue weighted by molar-refractivity contribution is 0.0147. The number of fused-ring (bicyclic) bond motifs is 1. The minimum Gasteiger partial charge on any atom is -0.435 e. The van der Waals surface area contributed by atoms with Gasteiger partial charge in [-0.2, -0.15) is 8.78 Å². The highest BCUT2D eigenvalue weighted by Crippen LogP contribution is 2.36. The second-order valence-electron chi connectivity index (χ2n) is 4.07. The number of benzene rings is 2. The van der Waals surface area contributed by atoms with Crippen molar-refractivity contribution in [3.8, 4) is 0 Å². The highest BCUT2D eigenvalue weighted by Gasteiger charge is 2.39. The van der Waals surface area contributed by atoms with E-state index in [1.807, 2.05) is 0 Å². The second kappa shape index (κ2) is 4.12. The van der Waals surface area contributed by atoms with Gasteiger partial charge in [0.25, 0.3) is 5.89 Å². The lowest BCUT2D eigenvalue weighted by Gasteiger charge is -2.12. The average molecular weight is 263 g/mol. The summed E-state index contributed by atoms with van der Waals surface area (Å²) in [6.07, 6.45) is 0. The molecule has 0 N–H and O–H groups in total. The molecule has 1 heterocycles. The van der Waals surface area contributed by atoms with Crippen molar-refractivity contribution >= 4 is 11.1 Å². The summed E-state index contributed by atoms with van der Waals surface area (Å²) in [6, 6.07) is 10.5. The van der Waals surface area contributed by atoms with Crippen molar-refractivity contribution < 1.29 is 17.6 Å². The van der Waals surface area contributed by atoms with Crippen LogP contribution in [0.4, 0.5) is 13.2 Å². The predicted molar refractivity (Wildman–Crippen MR) is 63.4 cm³/mol. The second-order valence-corrected chi connectivity index (χ2v) is 4.07. The third kappa shape index (κ3) is 1.97. The van der Waals surface area contributed by atoms with E-state index < -0.39 is 17.6 Å². The zero-order chi connectivity index (χ0) is 13.5. The Hall–Kier alpha value is -2.30. The number of alkyl halides is 2. The molecule has 0 aliphatic carbocycles. The Labute approximate surface area is 106 Å². The molecule has 0 fully saturated rings.